The fraction of sp³-hybridized carbons (Fsp3) is 0.333. The van der Waals surface area contributed by atoms with Crippen molar-refractivity contribution in [3.63, 3.8) is 0 Å². The minimum absolute atomic E-state index is 0. The van der Waals surface area contributed by atoms with E-state index >= 15 is 0 Å². The number of isocyanates is 4. The molecular formula is C12H18N10O10Y4-8. The Morgan fingerprint density at radius 2 is 0.611 bits per heavy atom. The molecule has 0 spiro atoms. The van der Waals surface area contributed by atoms with Crippen molar-refractivity contribution >= 4 is 48.6 Å². The standard InChI is InChI=1S/2C2H6N2O.2C2H5NO2.4CNO.4Y/c2*1-4-2(3)5;2*1-5-2(3)4;4*2-1-3;;;;/h2*1H3,(H3,3,4,5);2*1H3,(H2,3,4);;;;;;;;/q;;;;4*-1;;;;/p-4. The summed E-state index contributed by atoms with van der Waals surface area (Å²) in [5, 5.41) is 31.2. The van der Waals surface area contributed by atoms with Gasteiger partial charge in [-0.25, -0.2) is 0 Å². The monoisotopic (exact) mass is 818 g/mol. The van der Waals surface area contributed by atoms with Gasteiger partial charge in [-0.3, -0.25) is 38.4 Å². The van der Waals surface area contributed by atoms with E-state index in [0.29, 0.717) is 24.3 Å². The third-order valence-corrected chi connectivity index (χ3v) is 0.825. The number of hydrogen-bond donors (Lipinski definition) is 2. The molecule has 0 atom stereocenters. The average molecular weight is 818 g/mol. The Labute approximate surface area is 306 Å². The Hall–Kier alpha value is -0.984. The number of rotatable bonds is 0. The first-order valence-corrected chi connectivity index (χ1v) is 6.25. The van der Waals surface area contributed by atoms with E-state index in [1.54, 1.807) is 0 Å². The van der Waals surface area contributed by atoms with Crippen LogP contribution in [0.1, 0.15) is 0 Å². The predicted molar refractivity (Wildman–Crippen MR) is 107 cm³/mol. The summed E-state index contributed by atoms with van der Waals surface area (Å²) in [5.41, 5.74) is 24.1. The van der Waals surface area contributed by atoms with Crippen molar-refractivity contribution in [1.82, 2.24) is 10.6 Å². The van der Waals surface area contributed by atoms with Crippen LogP contribution in [0, 0.1) is 0 Å². The maximum Gasteiger partial charge on any atom is 0.226 e. The molecule has 0 aromatic rings. The van der Waals surface area contributed by atoms with Crippen molar-refractivity contribution in [1.29, 1.82) is 0 Å². The Morgan fingerprint density at radius 1 is 0.556 bits per heavy atom. The van der Waals surface area contributed by atoms with Crippen LogP contribution in [0.4, 0.5) is 19.2 Å². The maximum absolute atomic E-state index is 9.37. The van der Waals surface area contributed by atoms with Crippen LogP contribution in [0.25, 0.3) is 44.6 Å². The summed E-state index contributed by atoms with van der Waals surface area (Å²) in [6.45, 7) is 0. The number of carbonyl (C=O) groups is 4. The molecule has 0 saturated carbocycles. The zero-order valence-corrected chi connectivity index (χ0v) is 30.5. The number of hydrogen-bond acceptors (Lipinski definition) is 10. The molecule has 4 radical (unpaired) electrons. The summed E-state index contributed by atoms with van der Waals surface area (Å²) in [6.07, 6.45) is 0.00926. The van der Waals surface area contributed by atoms with Crippen molar-refractivity contribution in [2.45, 2.75) is 0 Å². The molecule has 0 aliphatic heterocycles. The molecule has 0 aliphatic rings. The molecule has 0 heterocycles. The second kappa shape index (κ2) is 103. The molecule has 6 amide bonds. The van der Waals surface area contributed by atoms with Crippen LogP contribution in [0.15, 0.2) is 0 Å². The first-order valence-electron chi connectivity index (χ1n) is 6.25. The summed E-state index contributed by atoms with van der Waals surface area (Å²) < 4.78 is 7.56. The van der Waals surface area contributed by atoms with Gasteiger partial charge in [-0.1, -0.05) is 14.1 Å². The number of amides is 6. The van der Waals surface area contributed by atoms with Gasteiger partial charge in [-0.15, -0.1) is 0 Å². The quantitative estimate of drug-likeness (QED) is 0.264. The number of carbonyl (C=O) groups excluding carboxylic acids is 8. The Balaban J connectivity index is -0.0000000182. The summed E-state index contributed by atoms with van der Waals surface area (Å²) in [6, 6.07) is -1.49. The molecule has 24 heteroatoms. The number of nitrogens with zero attached hydrogens (tertiary/aromatic N) is 4. The van der Waals surface area contributed by atoms with Crippen molar-refractivity contribution in [2.24, 2.45) is 0 Å². The fourth-order valence-electron chi connectivity index (χ4n) is 0. The van der Waals surface area contributed by atoms with E-state index in [-0.39, 0.29) is 131 Å². The third-order valence-electron chi connectivity index (χ3n) is 0.825. The fourth-order valence-corrected chi connectivity index (χ4v) is 0. The molecule has 20 nitrogen and oxygen atoms in total. The first kappa shape index (κ1) is 76.5. The van der Waals surface area contributed by atoms with Crippen molar-refractivity contribution < 1.29 is 179 Å². The predicted octanol–water partition coefficient (Wildman–Crippen LogP) is 1.92. The number of nitrogens with one attached hydrogen (secondary N) is 6. The zero-order chi connectivity index (χ0) is 28.0. The van der Waals surface area contributed by atoms with E-state index in [1.165, 1.54) is 14.1 Å². The molecule has 196 valence electrons. The molecule has 0 unspecified atom stereocenters. The molecule has 0 aliphatic carbocycles. The Bertz CT molecular complexity index is 502. The first-order chi connectivity index (χ1) is 14.7. The zero-order valence-electron chi connectivity index (χ0n) is 19.2. The molecule has 0 bridgehead atoms. The van der Waals surface area contributed by atoms with E-state index in [4.69, 9.17) is 63.7 Å². The second-order valence-corrected chi connectivity index (χ2v) is 2.51. The van der Waals surface area contributed by atoms with E-state index in [0.717, 1.165) is 14.2 Å². The van der Waals surface area contributed by atoms with Crippen LogP contribution in [-0.2, 0) is 159 Å². The van der Waals surface area contributed by atoms with Gasteiger partial charge in [0.15, 0.2) is 0 Å². The molecule has 0 fully saturated rings. The van der Waals surface area contributed by atoms with Gasteiger partial charge >= 0.3 is 0 Å². The van der Waals surface area contributed by atoms with E-state index in [2.05, 4.69) is 20.1 Å². The maximum atomic E-state index is 9.37. The normalized spacial score (nSPS) is 4.56. The third kappa shape index (κ3) is 688. The molecule has 36 heavy (non-hydrogen) atoms. The van der Waals surface area contributed by atoms with Gasteiger partial charge < -0.3 is 64.7 Å². The Morgan fingerprint density at radius 3 is 0.611 bits per heavy atom. The van der Waals surface area contributed by atoms with Gasteiger partial charge in [0.2, 0.25) is 12.2 Å². The van der Waals surface area contributed by atoms with Crippen LogP contribution < -0.4 is 10.6 Å². The molecule has 0 aromatic heterocycles. The number of methoxy groups -OCH3 is 2. The van der Waals surface area contributed by atoms with Gasteiger partial charge in [-0.2, -0.15) is 0 Å². The summed E-state index contributed by atoms with van der Waals surface area (Å²) in [5.74, 6) is 0. The van der Waals surface area contributed by atoms with Gasteiger partial charge in [0.05, 0.1) is 14.2 Å². The van der Waals surface area contributed by atoms with E-state index < -0.39 is 24.2 Å². The SMILES string of the molecule is CNC([NH-])=O.CNC([NH-])=O.COC([NH-])=O.COC([NH-])=O.[N-]=C=O.[N-]=C=O.[N-]=C=O.[N-]=C=O.[Y].[Y].[Y].[Y]. The molecule has 0 aromatic carbocycles. The Kier molecular flexibility index (Phi) is 218. The van der Waals surface area contributed by atoms with Crippen molar-refractivity contribution in [2.75, 3.05) is 28.3 Å². The van der Waals surface area contributed by atoms with Crippen LogP contribution in [0.5, 0.6) is 0 Å². The molecule has 0 saturated heterocycles. The molecule has 6 N–H and O–H groups in total. The van der Waals surface area contributed by atoms with Gasteiger partial charge in [0, 0.05) is 131 Å². The molecule has 0 rings (SSSR count). The summed E-state index contributed by atoms with van der Waals surface area (Å²) in [7, 11) is 5.15. The number of ether oxygens (including phenoxy) is 2. The van der Waals surface area contributed by atoms with Gasteiger partial charge in [0.1, 0.15) is 12.1 Å². The van der Waals surface area contributed by atoms with Crippen molar-refractivity contribution in [3.8, 4) is 0 Å². The minimum atomic E-state index is -0.995. The summed E-state index contributed by atoms with van der Waals surface area (Å²) in [4.78, 5) is 70.2. The topological polar surface area (TPSA) is 363 Å². The van der Waals surface area contributed by atoms with Crippen LogP contribution >= 0.6 is 0 Å². The van der Waals surface area contributed by atoms with E-state index in [1.807, 2.05) is 0 Å². The average Bonchev–Trinajstić information content (AvgIpc) is 2.71. The van der Waals surface area contributed by atoms with Crippen molar-refractivity contribution in [3.05, 3.63) is 44.6 Å². The summed E-state index contributed by atoms with van der Waals surface area (Å²) >= 11 is 0. The van der Waals surface area contributed by atoms with Crippen LogP contribution in [-0.4, -0.2) is 76.9 Å². The van der Waals surface area contributed by atoms with Crippen LogP contribution in [0.2, 0.25) is 0 Å². The smallest absolute Gasteiger partial charge is 0.226 e. The number of urea groups is 2. The molecular weight excluding hydrogens is 800 g/mol. The minimum Gasteiger partial charge on any atom is -0.724 e. The van der Waals surface area contributed by atoms with E-state index in [9.17, 15) is 19.2 Å². The van der Waals surface area contributed by atoms with Gasteiger partial charge in [0.25, 0.3) is 0 Å². The second-order valence-electron chi connectivity index (χ2n) is 2.51. The largest absolute Gasteiger partial charge is 0.724 e. The van der Waals surface area contributed by atoms with Gasteiger partial charge in [-0.05, 0) is 24.3 Å². The van der Waals surface area contributed by atoms with Crippen LogP contribution in [0.3, 0.4) is 0 Å².